The summed E-state index contributed by atoms with van der Waals surface area (Å²) in [6, 6.07) is 4.94. The maximum atomic E-state index is 12.3. The molecule has 0 aliphatic carbocycles. The zero-order valence-corrected chi connectivity index (χ0v) is 11.2. The molecule has 1 aliphatic heterocycles. The average Bonchev–Trinajstić information content (AvgIpc) is 2.37. The molecule has 1 atom stereocenters. The summed E-state index contributed by atoms with van der Waals surface area (Å²) in [6.45, 7) is 3.15. The predicted molar refractivity (Wildman–Crippen MR) is 75.6 cm³/mol. The van der Waals surface area contributed by atoms with Gasteiger partial charge in [-0.2, -0.15) is 0 Å². The first-order valence-corrected chi connectivity index (χ1v) is 6.60. The van der Waals surface area contributed by atoms with Crippen molar-refractivity contribution in [2.75, 3.05) is 24.6 Å². The van der Waals surface area contributed by atoms with Gasteiger partial charge in [0.2, 0.25) is 0 Å². The van der Waals surface area contributed by atoms with E-state index >= 15 is 0 Å². The molecule has 5 heteroatoms. The molecule has 2 rings (SSSR count). The Kier molecular flexibility index (Phi) is 3.95. The zero-order chi connectivity index (χ0) is 14.0. The highest BCUT2D eigenvalue weighted by Gasteiger charge is 2.26. The number of amides is 1. The fourth-order valence-corrected chi connectivity index (χ4v) is 2.57. The molecule has 19 heavy (non-hydrogen) atoms. The summed E-state index contributed by atoms with van der Waals surface area (Å²) in [5.41, 5.74) is 12.9. The standard InChI is InChI=1S/C14H21N3O2/c1-9(18)10-2-4-17(5-3-10)14(19)11-6-12(15)8-13(16)7-11/h6-10,18H,2-5,15-16H2,1H3. The molecule has 5 nitrogen and oxygen atoms in total. The van der Waals surface area contributed by atoms with Gasteiger partial charge in [-0.3, -0.25) is 4.79 Å². The van der Waals surface area contributed by atoms with Crippen LogP contribution < -0.4 is 11.5 Å². The van der Waals surface area contributed by atoms with Gasteiger partial charge in [-0.25, -0.2) is 0 Å². The van der Waals surface area contributed by atoms with Crippen molar-refractivity contribution in [3.8, 4) is 0 Å². The molecule has 1 fully saturated rings. The Balaban J connectivity index is 2.05. The summed E-state index contributed by atoms with van der Waals surface area (Å²) >= 11 is 0. The number of benzene rings is 1. The average molecular weight is 263 g/mol. The highest BCUT2D eigenvalue weighted by Crippen LogP contribution is 2.23. The number of rotatable bonds is 2. The van der Waals surface area contributed by atoms with Crippen LogP contribution in [0.25, 0.3) is 0 Å². The molecule has 1 unspecified atom stereocenters. The van der Waals surface area contributed by atoms with E-state index in [4.69, 9.17) is 11.5 Å². The molecule has 1 aromatic carbocycles. The van der Waals surface area contributed by atoms with Crippen molar-refractivity contribution >= 4 is 17.3 Å². The molecule has 0 saturated carbocycles. The van der Waals surface area contributed by atoms with Crippen LogP contribution in [0, 0.1) is 5.92 Å². The lowest BCUT2D eigenvalue weighted by atomic mass is 9.92. The van der Waals surface area contributed by atoms with Crippen molar-refractivity contribution in [3.63, 3.8) is 0 Å². The van der Waals surface area contributed by atoms with Crippen molar-refractivity contribution < 1.29 is 9.90 Å². The Labute approximate surface area is 113 Å². The lowest BCUT2D eigenvalue weighted by Gasteiger charge is -2.33. The van der Waals surface area contributed by atoms with E-state index in [2.05, 4.69) is 0 Å². The van der Waals surface area contributed by atoms with Crippen LogP contribution in [-0.2, 0) is 0 Å². The number of likely N-dealkylation sites (tertiary alicyclic amines) is 1. The maximum Gasteiger partial charge on any atom is 0.254 e. The summed E-state index contributed by atoms with van der Waals surface area (Å²) < 4.78 is 0. The van der Waals surface area contributed by atoms with Crippen molar-refractivity contribution in [2.45, 2.75) is 25.9 Å². The topological polar surface area (TPSA) is 92.6 Å². The minimum atomic E-state index is -0.305. The number of nitrogens with two attached hydrogens (primary N) is 2. The van der Waals surface area contributed by atoms with Gasteiger partial charge in [-0.1, -0.05) is 0 Å². The van der Waals surface area contributed by atoms with Crippen molar-refractivity contribution in [1.29, 1.82) is 0 Å². The molecule has 1 amide bonds. The van der Waals surface area contributed by atoms with Gasteiger partial charge in [0.25, 0.3) is 5.91 Å². The minimum Gasteiger partial charge on any atom is -0.399 e. The van der Waals surface area contributed by atoms with Crippen LogP contribution in [0.1, 0.15) is 30.1 Å². The van der Waals surface area contributed by atoms with Gasteiger partial charge in [-0.05, 0) is 43.9 Å². The molecule has 0 radical (unpaired) electrons. The van der Waals surface area contributed by atoms with E-state index in [-0.39, 0.29) is 17.9 Å². The second kappa shape index (κ2) is 5.48. The van der Waals surface area contributed by atoms with E-state index in [9.17, 15) is 9.90 Å². The molecular weight excluding hydrogens is 242 g/mol. The van der Waals surface area contributed by atoms with E-state index in [0.717, 1.165) is 12.8 Å². The lowest BCUT2D eigenvalue weighted by Crippen LogP contribution is -2.40. The van der Waals surface area contributed by atoms with Gasteiger partial charge in [0, 0.05) is 30.0 Å². The third kappa shape index (κ3) is 3.17. The SMILES string of the molecule is CC(O)C1CCN(C(=O)c2cc(N)cc(N)c2)CC1. The van der Waals surface area contributed by atoms with Crippen LogP contribution in [0.3, 0.4) is 0 Å². The maximum absolute atomic E-state index is 12.3. The van der Waals surface area contributed by atoms with Crippen LogP contribution in [0.15, 0.2) is 18.2 Å². The summed E-state index contributed by atoms with van der Waals surface area (Å²) in [5, 5.41) is 9.56. The van der Waals surface area contributed by atoms with E-state index in [1.807, 2.05) is 0 Å². The molecule has 1 aromatic rings. The quantitative estimate of drug-likeness (QED) is 0.696. The Morgan fingerprint density at radius 1 is 1.26 bits per heavy atom. The van der Waals surface area contributed by atoms with Crippen molar-refractivity contribution in [2.24, 2.45) is 5.92 Å². The first-order valence-electron chi connectivity index (χ1n) is 6.60. The minimum absolute atomic E-state index is 0.0388. The van der Waals surface area contributed by atoms with Gasteiger partial charge in [0.05, 0.1) is 6.10 Å². The van der Waals surface area contributed by atoms with Crippen LogP contribution in [-0.4, -0.2) is 35.1 Å². The molecule has 0 spiro atoms. The first-order chi connectivity index (χ1) is 8.97. The third-order valence-corrected chi connectivity index (χ3v) is 3.73. The van der Waals surface area contributed by atoms with Gasteiger partial charge in [-0.15, -0.1) is 0 Å². The number of aliphatic hydroxyl groups excluding tert-OH is 1. The van der Waals surface area contributed by atoms with Gasteiger partial charge < -0.3 is 21.5 Å². The molecular formula is C14H21N3O2. The van der Waals surface area contributed by atoms with Gasteiger partial charge in [0.1, 0.15) is 0 Å². The molecule has 104 valence electrons. The van der Waals surface area contributed by atoms with Crippen LogP contribution >= 0.6 is 0 Å². The van der Waals surface area contributed by atoms with Crippen LogP contribution in [0.5, 0.6) is 0 Å². The highest BCUT2D eigenvalue weighted by molar-refractivity contribution is 5.96. The largest absolute Gasteiger partial charge is 0.399 e. The summed E-state index contributed by atoms with van der Waals surface area (Å²) in [5.74, 6) is 0.248. The number of carbonyl (C=O) groups excluding carboxylic acids is 1. The normalized spacial score (nSPS) is 18.3. The number of nitrogen functional groups attached to an aromatic ring is 2. The second-order valence-corrected chi connectivity index (χ2v) is 5.26. The molecule has 1 aliphatic rings. The molecule has 0 aromatic heterocycles. The van der Waals surface area contributed by atoms with Gasteiger partial charge >= 0.3 is 0 Å². The number of hydrogen-bond acceptors (Lipinski definition) is 4. The number of aliphatic hydroxyl groups is 1. The number of carbonyl (C=O) groups is 1. The Morgan fingerprint density at radius 2 is 1.79 bits per heavy atom. The summed E-state index contributed by atoms with van der Waals surface area (Å²) in [6.07, 6.45) is 1.36. The zero-order valence-electron chi connectivity index (χ0n) is 11.2. The number of anilines is 2. The van der Waals surface area contributed by atoms with E-state index in [0.29, 0.717) is 30.0 Å². The highest BCUT2D eigenvalue weighted by atomic mass is 16.3. The van der Waals surface area contributed by atoms with Crippen molar-refractivity contribution in [1.82, 2.24) is 4.90 Å². The van der Waals surface area contributed by atoms with E-state index in [1.54, 1.807) is 30.0 Å². The Bertz CT molecular complexity index is 446. The monoisotopic (exact) mass is 263 g/mol. The molecule has 5 N–H and O–H groups in total. The van der Waals surface area contributed by atoms with Crippen LogP contribution in [0.2, 0.25) is 0 Å². The van der Waals surface area contributed by atoms with E-state index in [1.165, 1.54) is 0 Å². The smallest absolute Gasteiger partial charge is 0.254 e. The Hall–Kier alpha value is -1.75. The summed E-state index contributed by atoms with van der Waals surface area (Å²) in [7, 11) is 0. The molecule has 1 heterocycles. The number of hydrogen-bond donors (Lipinski definition) is 3. The number of nitrogens with zero attached hydrogens (tertiary/aromatic N) is 1. The first kappa shape index (κ1) is 13.7. The molecule has 0 bridgehead atoms. The Morgan fingerprint density at radius 3 is 2.26 bits per heavy atom. The fourth-order valence-electron chi connectivity index (χ4n) is 2.57. The fraction of sp³-hybridized carbons (Fsp3) is 0.500. The van der Waals surface area contributed by atoms with Crippen molar-refractivity contribution in [3.05, 3.63) is 23.8 Å². The molecule has 1 saturated heterocycles. The van der Waals surface area contributed by atoms with Gasteiger partial charge in [0.15, 0.2) is 0 Å². The van der Waals surface area contributed by atoms with Crippen LogP contribution in [0.4, 0.5) is 11.4 Å². The summed E-state index contributed by atoms with van der Waals surface area (Å²) in [4.78, 5) is 14.1. The second-order valence-electron chi connectivity index (χ2n) is 5.26. The predicted octanol–water partition coefficient (Wildman–Crippen LogP) is 1.08. The lowest BCUT2D eigenvalue weighted by molar-refractivity contribution is 0.0521. The van der Waals surface area contributed by atoms with E-state index < -0.39 is 0 Å². The number of piperidine rings is 1. The third-order valence-electron chi connectivity index (χ3n) is 3.73.